The summed E-state index contributed by atoms with van der Waals surface area (Å²) < 4.78 is 23.1. The van der Waals surface area contributed by atoms with Crippen molar-refractivity contribution >= 4 is 15.4 Å². The van der Waals surface area contributed by atoms with Gasteiger partial charge in [-0.3, -0.25) is 4.57 Å². The summed E-state index contributed by atoms with van der Waals surface area (Å²) in [4.78, 5) is 19.1. The van der Waals surface area contributed by atoms with Crippen LogP contribution in [0, 0.1) is 5.92 Å². The highest BCUT2D eigenvalue weighted by molar-refractivity contribution is 7.57. The van der Waals surface area contributed by atoms with E-state index in [2.05, 4.69) is 13.8 Å². The lowest BCUT2D eigenvalue weighted by Crippen LogP contribution is -2.02. The van der Waals surface area contributed by atoms with E-state index in [0.717, 1.165) is 44.9 Å². The van der Waals surface area contributed by atoms with Gasteiger partial charge in [0.05, 0.1) is 0 Å². The highest BCUT2D eigenvalue weighted by Gasteiger charge is 2.17. The molecule has 0 rings (SSSR count). The zero-order chi connectivity index (χ0) is 21.1. The molecule has 0 aromatic rings. The Bertz CT molecular complexity index is 415. The smallest absolute Gasteiger partial charge is 0.344 e. The second-order valence-corrected chi connectivity index (χ2v) is 12.2. The highest BCUT2D eigenvalue weighted by atomic mass is 31.2. The van der Waals surface area contributed by atoms with Crippen molar-refractivity contribution in [3.63, 3.8) is 0 Å². The molecule has 0 saturated heterocycles. The molecule has 0 amide bonds. The zero-order valence-corrected chi connectivity index (χ0v) is 20.4. The maximum absolute atomic E-state index is 12.2. The fraction of sp³-hybridized carbons (Fsp3) is 1.00. The van der Waals surface area contributed by atoms with E-state index in [1.54, 1.807) is 0 Å². The molecule has 0 aromatic heterocycles. The minimum atomic E-state index is -2.91. The zero-order valence-electron chi connectivity index (χ0n) is 18.6. The van der Waals surface area contributed by atoms with Crippen LogP contribution in [0.25, 0.3) is 0 Å². The van der Waals surface area contributed by atoms with E-state index < -0.39 is 15.4 Å². The van der Waals surface area contributed by atoms with Crippen LogP contribution in [0.2, 0.25) is 0 Å². The monoisotopic (exact) mass is 437 g/mol. The number of rotatable bonds is 21. The van der Waals surface area contributed by atoms with Crippen LogP contribution < -0.4 is 0 Å². The Balaban J connectivity index is 3.77. The molecule has 2 unspecified atom stereocenters. The van der Waals surface area contributed by atoms with E-state index in [1.807, 2.05) is 0 Å². The Morgan fingerprint density at radius 1 is 0.714 bits per heavy atom. The lowest BCUT2D eigenvalue weighted by molar-refractivity contribution is 0.383. The molecule has 0 aromatic carbocycles. The lowest BCUT2D eigenvalue weighted by atomic mass is 9.91. The van der Waals surface area contributed by atoms with Crippen molar-refractivity contribution in [3.05, 3.63) is 0 Å². The fourth-order valence-corrected chi connectivity index (χ4v) is 5.95. The van der Waals surface area contributed by atoms with Gasteiger partial charge in [0.1, 0.15) is 0 Å². The summed E-state index contributed by atoms with van der Waals surface area (Å²) in [6.07, 6.45) is 19.4. The van der Waals surface area contributed by atoms with Crippen molar-refractivity contribution in [3.8, 4) is 0 Å². The third-order valence-corrected chi connectivity index (χ3v) is 8.39. The molecule has 2 N–H and O–H groups in total. The second-order valence-electron chi connectivity index (χ2n) is 8.49. The van der Waals surface area contributed by atoms with Gasteiger partial charge in [0.15, 0.2) is 6.16 Å². The molecule has 0 aliphatic rings. The maximum Gasteiger partial charge on any atom is 0.505 e. The minimum Gasteiger partial charge on any atom is -0.344 e. The van der Waals surface area contributed by atoms with Crippen molar-refractivity contribution in [1.82, 2.24) is 0 Å². The van der Waals surface area contributed by atoms with Crippen molar-refractivity contribution in [2.24, 2.45) is 5.92 Å². The molecule has 0 heterocycles. The maximum atomic E-state index is 12.2. The molecule has 168 valence electrons. The van der Waals surface area contributed by atoms with Gasteiger partial charge < -0.3 is 4.89 Å². The molecular weight excluding hydrogens is 390 g/mol. The third-order valence-electron chi connectivity index (χ3n) is 5.66. The largest absolute Gasteiger partial charge is 0.505 e. The predicted molar refractivity (Wildman–Crippen MR) is 123 cm³/mol. The second kappa shape index (κ2) is 19.2. The molecule has 0 saturated carbocycles. The summed E-state index contributed by atoms with van der Waals surface area (Å²) in [5, 5.41) is 0. The molecule has 28 heavy (non-hydrogen) atoms. The van der Waals surface area contributed by atoms with Crippen molar-refractivity contribution in [2.45, 2.75) is 117 Å². The molecule has 0 spiro atoms. The third kappa shape index (κ3) is 19.6. The Morgan fingerprint density at radius 2 is 1.18 bits per heavy atom. The Kier molecular flexibility index (Phi) is 19.4. The average molecular weight is 438 g/mol. The SMILES string of the molecule is CCCCCCCCP(=O)(O)CCCCCC[C@H](CCCC)CCC[P+](=O)O. The van der Waals surface area contributed by atoms with Gasteiger partial charge in [-0.15, -0.1) is 0 Å². The molecule has 0 fully saturated rings. The van der Waals surface area contributed by atoms with Crippen LogP contribution in [0.5, 0.6) is 0 Å². The summed E-state index contributed by atoms with van der Waals surface area (Å²) in [5.74, 6) is 0.673. The molecule has 4 nitrogen and oxygen atoms in total. The molecular formula is C22H47O4P2+. The van der Waals surface area contributed by atoms with E-state index in [1.165, 1.54) is 57.8 Å². The van der Waals surface area contributed by atoms with Gasteiger partial charge in [-0.05, 0) is 36.2 Å². The Morgan fingerprint density at radius 3 is 1.75 bits per heavy atom. The average Bonchev–Trinajstić information content (AvgIpc) is 2.64. The molecule has 0 bridgehead atoms. The molecule has 0 aliphatic carbocycles. The highest BCUT2D eigenvalue weighted by Crippen LogP contribution is 2.42. The summed E-state index contributed by atoms with van der Waals surface area (Å²) in [6, 6.07) is 0. The minimum absolute atomic E-state index is 0.433. The van der Waals surface area contributed by atoms with Gasteiger partial charge in [0.25, 0.3) is 0 Å². The first kappa shape index (κ1) is 28.2. The molecule has 6 heteroatoms. The Labute approximate surface area is 175 Å². The van der Waals surface area contributed by atoms with Crippen LogP contribution in [0.4, 0.5) is 0 Å². The van der Waals surface area contributed by atoms with Crippen LogP contribution in [0.3, 0.4) is 0 Å². The van der Waals surface area contributed by atoms with Gasteiger partial charge >= 0.3 is 8.03 Å². The topological polar surface area (TPSA) is 74.6 Å². The number of unbranched alkanes of at least 4 members (excludes halogenated alkanes) is 9. The summed E-state index contributed by atoms with van der Waals surface area (Å²) in [5.41, 5.74) is 0. The Hall–Kier alpha value is 0.250. The van der Waals surface area contributed by atoms with Crippen molar-refractivity contribution < 1.29 is 18.9 Å². The normalized spacial score (nSPS) is 15.4. The first-order chi connectivity index (χ1) is 13.4. The van der Waals surface area contributed by atoms with Gasteiger partial charge in [0, 0.05) is 12.3 Å². The van der Waals surface area contributed by atoms with Crippen molar-refractivity contribution in [2.75, 3.05) is 18.5 Å². The van der Waals surface area contributed by atoms with E-state index >= 15 is 0 Å². The van der Waals surface area contributed by atoms with E-state index in [-0.39, 0.29) is 0 Å². The lowest BCUT2D eigenvalue weighted by Gasteiger charge is -2.15. The van der Waals surface area contributed by atoms with E-state index in [9.17, 15) is 14.0 Å². The first-order valence-corrected chi connectivity index (χ1v) is 15.3. The molecule has 3 atom stereocenters. The standard InChI is InChI=1S/C22H46O4P2/c1-3-5-7-8-10-13-20-28(25,26)21-14-11-9-12-17-22(16-6-4-2)18-15-19-27(23)24/h22H,3-21H2,1-2H3,(H-,23,24,25,26)/p+1/t22-/m0/s1. The summed E-state index contributed by atoms with van der Waals surface area (Å²) in [7, 11) is -4.89. The summed E-state index contributed by atoms with van der Waals surface area (Å²) in [6.45, 7) is 4.41. The first-order valence-electron chi connectivity index (χ1n) is 11.9. The molecule has 0 aliphatic heterocycles. The van der Waals surface area contributed by atoms with Crippen LogP contribution in [-0.2, 0) is 9.13 Å². The predicted octanol–water partition coefficient (Wildman–Crippen LogP) is 7.89. The van der Waals surface area contributed by atoms with Gasteiger partial charge in [-0.1, -0.05) is 90.9 Å². The fourth-order valence-electron chi connectivity index (χ4n) is 3.84. The van der Waals surface area contributed by atoms with Crippen LogP contribution in [0.1, 0.15) is 117 Å². The molecule has 0 radical (unpaired) electrons. The van der Waals surface area contributed by atoms with E-state index in [0.29, 0.717) is 24.4 Å². The number of hydrogen-bond acceptors (Lipinski definition) is 2. The van der Waals surface area contributed by atoms with Crippen LogP contribution >= 0.6 is 15.4 Å². The van der Waals surface area contributed by atoms with Gasteiger partial charge in [0.2, 0.25) is 7.37 Å². The summed E-state index contributed by atoms with van der Waals surface area (Å²) >= 11 is 0. The quantitative estimate of drug-likeness (QED) is 0.141. The van der Waals surface area contributed by atoms with Crippen LogP contribution in [-0.4, -0.2) is 28.3 Å². The van der Waals surface area contributed by atoms with Crippen LogP contribution in [0.15, 0.2) is 0 Å². The van der Waals surface area contributed by atoms with Crippen molar-refractivity contribution in [1.29, 1.82) is 0 Å². The van der Waals surface area contributed by atoms with E-state index in [4.69, 9.17) is 4.89 Å². The number of hydrogen-bond donors (Lipinski definition) is 2. The van der Waals surface area contributed by atoms with Gasteiger partial charge in [-0.2, -0.15) is 4.89 Å². The van der Waals surface area contributed by atoms with Gasteiger partial charge in [-0.25, -0.2) is 0 Å².